The van der Waals surface area contributed by atoms with Crippen molar-refractivity contribution in [2.75, 3.05) is 6.54 Å². The number of thiophene rings is 1. The molecule has 1 fully saturated rings. The van der Waals surface area contributed by atoms with Crippen LogP contribution in [0.5, 0.6) is 0 Å². The molecule has 4 nitrogen and oxygen atoms in total. The minimum atomic E-state index is 0.0505. The lowest BCUT2D eigenvalue weighted by atomic mass is 9.87. The molecule has 0 saturated heterocycles. The van der Waals surface area contributed by atoms with E-state index >= 15 is 0 Å². The predicted molar refractivity (Wildman–Crippen MR) is 125 cm³/mol. The van der Waals surface area contributed by atoms with Gasteiger partial charge in [-0.25, -0.2) is 4.98 Å². The zero-order chi connectivity index (χ0) is 20.6. The van der Waals surface area contributed by atoms with Gasteiger partial charge in [-0.3, -0.25) is 4.79 Å². The summed E-state index contributed by atoms with van der Waals surface area (Å²) in [6, 6.07) is 12.3. The van der Waals surface area contributed by atoms with Crippen LogP contribution >= 0.6 is 11.3 Å². The number of benzene rings is 1. The van der Waals surface area contributed by atoms with Crippen LogP contribution in [0.25, 0.3) is 11.0 Å². The molecular weight excluding hydrogens is 390 g/mol. The van der Waals surface area contributed by atoms with Crippen LogP contribution in [-0.4, -0.2) is 22.0 Å². The first-order valence-electron chi connectivity index (χ1n) is 11.6. The molecule has 1 aliphatic carbocycles. The minimum Gasteiger partial charge on any atom is -0.351 e. The number of rotatable bonds is 10. The Hall–Kier alpha value is -2.14. The van der Waals surface area contributed by atoms with E-state index in [0.717, 1.165) is 55.1 Å². The van der Waals surface area contributed by atoms with Gasteiger partial charge in [0.2, 0.25) is 0 Å². The van der Waals surface area contributed by atoms with Gasteiger partial charge < -0.3 is 9.88 Å². The first-order chi connectivity index (χ1) is 14.8. The molecule has 1 aromatic carbocycles. The van der Waals surface area contributed by atoms with E-state index in [1.165, 1.54) is 61.2 Å². The quantitative estimate of drug-likeness (QED) is 0.394. The Balaban J connectivity index is 1.27. The number of para-hydroxylation sites is 2. The molecule has 0 spiro atoms. The van der Waals surface area contributed by atoms with E-state index < -0.39 is 0 Å². The number of fused-ring (bicyclic) bond motifs is 1. The summed E-state index contributed by atoms with van der Waals surface area (Å²) in [5, 5.41) is 4.96. The van der Waals surface area contributed by atoms with E-state index in [9.17, 15) is 4.79 Å². The van der Waals surface area contributed by atoms with Crippen molar-refractivity contribution in [3.63, 3.8) is 0 Å². The molecule has 2 aromatic heterocycles. The molecule has 1 aliphatic rings. The second-order valence-corrected chi connectivity index (χ2v) is 9.45. The molecule has 0 aliphatic heterocycles. The molecule has 0 unspecified atom stereocenters. The molecule has 0 atom stereocenters. The fourth-order valence-corrected chi connectivity index (χ4v) is 5.28. The van der Waals surface area contributed by atoms with Crippen LogP contribution in [0.3, 0.4) is 0 Å². The number of amides is 1. The highest BCUT2D eigenvalue weighted by molar-refractivity contribution is 7.12. The Morgan fingerprint density at radius 3 is 2.77 bits per heavy atom. The highest BCUT2D eigenvalue weighted by Crippen LogP contribution is 2.28. The van der Waals surface area contributed by atoms with Crippen molar-refractivity contribution in [1.29, 1.82) is 0 Å². The predicted octanol–water partition coefficient (Wildman–Crippen LogP) is 6.21. The number of nitrogens with zero attached hydrogens (tertiary/aromatic N) is 2. The molecule has 0 radical (unpaired) electrons. The van der Waals surface area contributed by atoms with Crippen molar-refractivity contribution in [2.24, 2.45) is 5.92 Å². The number of carbonyl (C=O) groups excluding carboxylic acids is 1. The van der Waals surface area contributed by atoms with Gasteiger partial charge in [0.15, 0.2) is 0 Å². The van der Waals surface area contributed by atoms with Crippen LogP contribution in [0.1, 0.15) is 73.3 Å². The molecule has 1 amide bonds. The van der Waals surface area contributed by atoms with Gasteiger partial charge in [-0.2, -0.15) is 0 Å². The topological polar surface area (TPSA) is 46.9 Å². The third-order valence-corrected chi connectivity index (χ3v) is 7.20. The van der Waals surface area contributed by atoms with Gasteiger partial charge >= 0.3 is 0 Å². The maximum absolute atomic E-state index is 12.0. The molecule has 160 valence electrons. The second kappa shape index (κ2) is 10.8. The molecule has 5 heteroatoms. The SMILES string of the molecule is O=C(NCCCCCc1nc2ccccc2n1CCC1CCCCC1)c1cccs1. The lowest BCUT2D eigenvalue weighted by molar-refractivity contribution is 0.0957. The molecule has 2 heterocycles. The van der Waals surface area contributed by atoms with Gasteiger partial charge in [0.25, 0.3) is 5.91 Å². The molecular formula is C25H33N3OS. The van der Waals surface area contributed by atoms with Gasteiger partial charge in [-0.15, -0.1) is 11.3 Å². The molecule has 4 rings (SSSR count). The third kappa shape index (κ3) is 5.51. The summed E-state index contributed by atoms with van der Waals surface area (Å²) < 4.78 is 2.47. The van der Waals surface area contributed by atoms with Crippen LogP contribution in [0.15, 0.2) is 41.8 Å². The summed E-state index contributed by atoms with van der Waals surface area (Å²) in [6.45, 7) is 1.84. The summed E-state index contributed by atoms with van der Waals surface area (Å²) in [5.41, 5.74) is 2.41. The number of carbonyl (C=O) groups is 1. The number of hydrogen-bond donors (Lipinski definition) is 1. The monoisotopic (exact) mass is 423 g/mol. The average molecular weight is 424 g/mol. The number of imidazole rings is 1. The Morgan fingerprint density at radius 1 is 1.07 bits per heavy atom. The zero-order valence-electron chi connectivity index (χ0n) is 17.8. The van der Waals surface area contributed by atoms with Gasteiger partial charge in [-0.05, 0) is 48.8 Å². The number of aromatic nitrogens is 2. The molecule has 30 heavy (non-hydrogen) atoms. The van der Waals surface area contributed by atoms with Crippen molar-refractivity contribution < 1.29 is 4.79 Å². The van der Waals surface area contributed by atoms with Gasteiger partial charge in [-0.1, -0.05) is 56.7 Å². The van der Waals surface area contributed by atoms with Crippen molar-refractivity contribution in [1.82, 2.24) is 14.9 Å². The van der Waals surface area contributed by atoms with E-state index in [-0.39, 0.29) is 5.91 Å². The normalized spacial score (nSPS) is 14.9. The Bertz CT molecular complexity index is 925. The van der Waals surface area contributed by atoms with Crippen molar-refractivity contribution in [3.05, 3.63) is 52.5 Å². The van der Waals surface area contributed by atoms with Crippen LogP contribution in [0, 0.1) is 5.92 Å². The first-order valence-corrected chi connectivity index (χ1v) is 12.4. The zero-order valence-corrected chi connectivity index (χ0v) is 18.6. The summed E-state index contributed by atoms with van der Waals surface area (Å²) in [6.07, 6.45) is 12.6. The van der Waals surface area contributed by atoms with Crippen molar-refractivity contribution >= 4 is 28.3 Å². The van der Waals surface area contributed by atoms with E-state index in [1.54, 1.807) is 0 Å². The summed E-state index contributed by atoms with van der Waals surface area (Å²) in [5.74, 6) is 2.17. The van der Waals surface area contributed by atoms with Crippen molar-refractivity contribution in [3.8, 4) is 0 Å². The fraction of sp³-hybridized carbons (Fsp3) is 0.520. The summed E-state index contributed by atoms with van der Waals surface area (Å²) in [7, 11) is 0. The number of aryl methyl sites for hydroxylation is 2. The first kappa shape index (κ1) is 21.1. The van der Waals surface area contributed by atoms with Gasteiger partial charge in [0.05, 0.1) is 15.9 Å². The maximum Gasteiger partial charge on any atom is 0.261 e. The highest BCUT2D eigenvalue weighted by atomic mass is 32.1. The molecule has 1 N–H and O–H groups in total. The van der Waals surface area contributed by atoms with Crippen LogP contribution in [-0.2, 0) is 13.0 Å². The fourth-order valence-electron chi connectivity index (χ4n) is 4.63. The van der Waals surface area contributed by atoms with Gasteiger partial charge in [0.1, 0.15) is 5.82 Å². The molecule has 0 bridgehead atoms. The van der Waals surface area contributed by atoms with E-state index in [1.807, 2.05) is 17.5 Å². The van der Waals surface area contributed by atoms with Crippen LogP contribution in [0.2, 0.25) is 0 Å². The van der Waals surface area contributed by atoms with Crippen molar-refractivity contribution in [2.45, 2.75) is 70.8 Å². The van der Waals surface area contributed by atoms with Gasteiger partial charge in [0, 0.05) is 19.5 Å². The minimum absolute atomic E-state index is 0.0505. The van der Waals surface area contributed by atoms with Crippen LogP contribution in [0.4, 0.5) is 0 Å². The van der Waals surface area contributed by atoms with E-state index in [0.29, 0.717) is 0 Å². The second-order valence-electron chi connectivity index (χ2n) is 8.50. The Morgan fingerprint density at radius 2 is 1.93 bits per heavy atom. The standard InChI is InChI=1S/C25H33N3OS/c29-25(23-14-9-19-30-23)26-17-8-2-5-15-24-27-21-12-6-7-13-22(21)28(24)18-16-20-10-3-1-4-11-20/h6-7,9,12-14,19-20H,1-5,8,10-11,15-18H2,(H,26,29). The lowest BCUT2D eigenvalue weighted by Gasteiger charge is -2.22. The maximum atomic E-state index is 12.0. The average Bonchev–Trinajstić information content (AvgIpc) is 3.43. The smallest absolute Gasteiger partial charge is 0.261 e. The summed E-state index contributed by atoms with van der Waals surface area (Å²) in [4.78, 5) is 17.7. The largest absolute Gasteiger partial charge is 0.351 e. The van der Waals surface area contributed by atoms with E-state index in [4.69, 9.17) is 4.98 Å². The lowest BCUT2D eigenvalue weighted by Crippen LogP contribution is -2.23. The third-order valence-electron chi connectivity index (χ3n) is 6.33. The highest BCUT2D eigenvalue weighted by Gasteiger charge is 2.16. The molecule has 3 aromatic rings. The number of hydrogen-bond acceptors (Lipinski definition) is 3. The summed E-state index contributed by atoms with van der Waals surface area (Å²) >= 11 is 1.49. The Labute approximate surface area is 183 Å². The number of unbranched alkanes of at least 4 members (excludes halogenated alkanes) is 2. The Kier molecular flexibility index (Phi) is 7.57. The van der Waals surface area contributed by atoms with Crippen LogP contribution < -0.4 is 5.32 Å². The van der Waals surface area contributed by atoms with E-state index in [2.05, 4.69) is 34.1 Å². The number of nitrogens with one attached hydrogen (secondary N) is 1. The molecule has 1 saturated carbocycles.